The second-order valence-electron chi connectivity index (χ2n) is 6.58. The number of hydrogen-bond donors (Lipinski definition) is 2. The SMILES string of the molecule is COc1ccc(CNc2nccc(C(=O)NCCC3=CCCCC3)n2)cc1. The fourth-order valence-corrected chi connectivity index (χ4v) is 3.05. The number of allylic oxidation sites excluding steroid dienone is 1. The topological polar surface area (TPSA) is 76.1 Å². The van der Waals surface area contributed by atoms with E-state index >= 15 is 0 Å². The summed E-state index contributed by atoms with van der Waals surface area (Å²) in [5, 5.41) is 6.10. The van der Waals surface area contributed by atoms with Gasteiger partial charge >= 0.3 is 0 Å². The Hall–Kier alpha value is -2.89. The van der Waals surface area contributed by atoms with Crippen molar-refractivity contribution in [1.29, 1.82) is 0 Å². The summed E-state index contributed by atoms with van der Waals surface area (Å²) in [6.07, 6.45) is 9.68. The molecular formula is C21H26N4O2. The maximum absolute atomic E-state index is 12.3. The predicted octanol–water partition coefficient (Wildman–Crippen LogP) is 3.72. The maximum Gasteiger partial charge on any atom is 0.270 e. The number of methoxy groups -OCH3 is 1. The van der Waals surface area contributed by atoms with Gasteiger partial charge in [0.25, 0.3) is 5.91 Å². The van der Waals surface area contributed by atoms with Crippen LogP contribution >= 0.6 is 0 Å². The number of nitrogens with one attached hydrogen (secondary N) is 2. The van der Waals surface area contributed by atoms with E-state index in [0.29, 0.717) is 24.7 Å². The van der Waals surface area contributed by atoms with E-state index in [4.69, 9.17) is 4.74 Å². The molecule has 1 aliphatic rings. The van der Waals surface area contributed by atoms with Gasteiger partial charge in [-0.25, -0.2) is 9.97 Å². The van der Waals surface area contributed by atoms with Crippen molar-refractivity contribution in [2.75, 3.05) is 19.0 Å². The first-order chi connectivity index (χ1) is 13.2. The van der Waals surface area contributed by atoms with Crippen LogP contribution in [-0.2, 0) is 6.54 Å². The van der Waals surface area contributed by atoms with Crippen LogP contribution in [-0.4, -0.2) is 29.5 Å². The standard InChI is InChI=1S/C21H26N4O2/c1-27-18-9-7-17(8-10-18)15-24-21-23-14-12-19(25-21)20(26)22-13-11-16-5-3-2-4-6-16/h5,7-10,12,14H,2-4,6,11,13,15H2,1H3,(H,22,26)(H,23,24,25). The molecular weight excluding hydrogens is 340 g/mol. The minimum Gasteiger partial charge on any atom is -0.497 e. The Morgan fingerprint density at radius 1 is 1.19 bits per heavy atom. The molecule has 2 N–H and O–H groups in total. The van der Waals surface area contributed by atoms with Gasteiger partial charge in [0, 0.05) is 19.3 Å². The summed E-state index contributed by atoms with van der Waals surface area (Å²) in [6, 6.07) is 9.39. The van der Waals surface area contributed by atoms with Gasteiger partial charge in [-0.1, -0.05) is 23.8 Å². The molecule has 0 saturated carbocycles. The Kier molecular flexibility index (Phi) is 6.79. The van der Waals surface area contributed by atoms with Gasteiger partial charge in [-0.15, -0.1) is 0 Å². The fourth-order valence-electron chi connectivity index (χ4n) is 3.05. The summed E-state index contributed by atoms with van der Waals surface area (Å²) in [6.45, 7) is 1.21. The molecule has 0 aliphatic heterocycles. The molecule has 1 aliphatic carbocycles. The summed E-state index contributed by atoms with van der Waals surface area (Å²) < 4.78 is 5.15. The van der Waals surface area contributed by atoms with Gasteiger partial charge in [-0.3, -0.25) is 4.79 Å². The van der Waals surface area contributed by atoms with Crippen LogP contribution in [0.25, 0.3) is 0 Å². The molecule has 0 radical (unpaired) electrons. The lowest BCUT2D eigenvalue weighted by molar-refractivity contribution is 0.0949. The lowest BCUT2D eigenvalue weighted by atomic mass is 9.97. The molecule has 142 valence electrons. The maximum atomic E-state index is 12.3. The zero-order valence-corrected chi connectivity index (χ0v) is 15.7. The highest BCUT2D eigenvalue weighted by molar-refractivity contribution is 5.92. The van der Waals surface area contributed by atoms with Gasteiger partial charge in [0.2, 0.25) is 5.95 Å². The zero-order chi connectivity index (χ0) is 18.9. The Morgan fingerprint density at radius 2 is 2.04 bits per heavy atom. The molecule has 0 bridgehead atoms. The highest BCUT2D eigenvalue weighted by Gasteiger charge is 2.09. The van der Waals surface area contributed by atoms with E-state index in [9.17, 15) is 4.79 Å². The average molecular weight is 366 g/mol. The molecule has 0 atom stereocenters. The number of anilines is 1. The number of amides is 1. The Labute approximate surface area is 160 Å². The van der Waals surface area contributed by atoms with Crippen molar-refractivity contribution in [3.8, 4) is 5.75 Å². The molecule has 2 aromatic rings. The Balaban J connectivity index is 1.49. The van der Waals surface area contributed by atoms with Gasteiger partial charge in [0.05, 0.1) is 7.11 Å². The van der Waals surface area contributed by atoms with Crippen molar-refractivity contribution in [2.45, 2.75) is 38.6 Å². The molecule has 1 aromatic carbocycles. The summed E-state index contributed by atoms with van der Waals surface area (Å²) in [7, 11) is 1.64. The monoisotopic (exact) mass is 366 g/mol. The van der Waals surface area contributed by atoms with E-state index < -0.39 is 0 Å². The molecule has 0 unspecified atom stereocenters. The predicted molar refractivity (Wildman–Crippen MR) is 106 cm³/mol. The van der Waals surface area contributed by atoms with Gasteiger partial charge in [0.15, 0.2) is 0 Å². The summed E-state index contributed by atoms with van der Waals surface area (Å²) >= 11 is 0. The highest BCUT2D eigenvalue weighted by Crippen LogP contribution is 2.19. The number of hydrogen-bond acceptors (Lipinski definition) is 5. The van der Waals surface area contributed by atoms with E-state index in [0.717, 1.165) is 24.2 Å². The second kappa shape index (κ2) is 9.71. The third kappa shape index (κ3) is 5.81. The molecule has 6 heteroatoms. The lowest BCUT2D eigenvalue weighted by Crippen LogP contribution is -2.26. The van der Waals surface area contributed by atoms with E-state index in [2.05, 4.69) is 26.7 Å². The fraction of sp³-hybridized carbons (Fsp3) is 0.381. The summed E-state index contributed by atoms with van der Waals surface area (Å²) in [4.78, 5) is 20.8. The highest BCUT2D eigenvalue weighted by atomic mass is 16.5. The number of benzene rings is 1. The molecule has 3 rings (SSSR count). The smallest absolute Gasteiger partial charge is 0.270 e. The quantitative estimate of drug-likeness (QED) is 0.697. The van der Waals surface area contributed by atoms with Gasteiger partial charge in [-0.2, -0.15) is 0 Å². The van der Waals surface area contributed by atoms with Crippen molar-refractivity contribution < 1.29 is 9.53 Å². The molecule has 0 fully saturated rings. The Morgan fingerprint density at radius 3 is 2.78 bits per heavy atom. The molecule has 0 saturated heterocycles. The van der Waals surface area contributed by atoms with Crippen LogP contribution < -0.4 is 15.4 Å². The van der Waals surface area contributed by atoms with Gasteiger partial charge < -0.3 is 15.4 Å². The van der Waals surface area contributed by atoms with Crippen molar-refractivity contribution in [3.05, 3.63) is 59.4 Å². The van der Waals surface area contributed by atoms with E-state index in [1.54, 1.807) is 19.4 Å². The first-order valence-electron chi connectivity index (χ1n) is 9.40. The molecule has 1 aromatic heterocycles. The number of carbonyl (C=O) groups is 1. The van der Waals surface area contributed by atoms with Crippen LogP contribution in [0, 0.1) is 0 Å². The van der Waals surface area contributed by atoms with Crippen molar-refractivity contribution in [2.24, 2.45) is 0 Å². The van der Waals surface area contributed by atoms with E-state index in [1.165, 1.54) is 24.8 Å². The van der Waals surface area contributed by atoms with Crippen molar-refractivity contribution in [1.82, 2.24) is 15.3 Å². The number of ether oxygens (including phenoxy) is 1. The summed E-state index contributed by atoms with van der Waals surface area (Å²) in [5.74, 6) is 1.09. The minimum atomic E-state index is -0.165. The van der Waals surface area contributed by atoms with Crippen LogP contribution in [0.4, 0.5) is 5.95 Å². The molecule has 1 amide bonds. The van der Waals surface area contributed by atoms with Crippen molar-refractivity contribution >= 4 is 11.9 Å². The largest absolute Gasteiger partial charge is 0.497 e. The van der Waals surface area contributed by atoms with Crippen LogP contribution in [0.15, 0.2) is 48.2 Å². The van der Waals surface area contributed by atoms with Crippen LogP contribution in [0.3, 0.4) is 0 Å². The average Bonchev–Trinajstić information content (AvgIpc) is 2.73. The third-order valence-corrected chi connectivity index (χ3v) is 4.61. The summed E-state index contributed by atoms with van der Waals surface area (Å²) in [5.41, 5.74) is 2.90. The number of aromatic nitrogens is 2. The van der Waals surface area contributed by atoms with Crippen LogP contribution in [0.1, 0.15) is 48.2 Å². The second-order valence-corrected chi connectivity index (χ2v) is 6.58. The molecule has 0 spiro atoms. The molecule has 1 heterocycles. The van der Waals surface area contributed by atoms with Crippen LogP contribution in [0.5, 0.6) is 5.75 Å². The molecule has 6 nitrogen and oxygen atoms in total. The van der Waals surface area contributed by atoms with Crippen LogP contribution in [0.2, 0.25) is 0 Å². The third-order valence-electron chi connectivity index (χ3n) is 4.61. The van der Waals surface area contributed by atoms with Gasteiger partial charge in [-0.05, 0) is 55.9 Å². The zero-order valence-electron chi connectivity index (χ0n) is 15.7. The number of rotatable bonds is 8. The Bertz CT molecular complexity index is 787. The van der Waals surface area contributed by atoms with E-state index in [1.807, 2.05) is 24.3 Å². The lowest BCUT2D eigenvalue weighted by Gasteiger charge is -2.13. The number of carbonyl (C=O) groups excluding carboxylic acids is 1. The minimum absolute atomic E-state index is 0.165. The van der Waals surface area contributed by atoms with Crippen molar-refractivity contribution in [3.63, 3.8) is 0 Å². The van der Waals surface area contributed by atoms with Gasteiger partial charge in [0.1, 0.15) is 11.4 Å². The first-order valence-corrected chi connectivity index (χ1v) is 9.40. The first kappa shape index (κ1) is 18.9. The van der Waals surface area contributed by atoms with E-state index in [-0.39, 0.29) is 5.91 Å². The molecule has 27 heavy (non-hydrogen) atoms. The normalized spacial score (nSPS) is 13.6. The number of nitrogens with zero attached hydrogens (tertiary/aromatic N) is 2.